The van der Waals surface area contributed by atoms with Gasteiger partial charge in [-0.25, -0.2) is 0 Å². The van der Waals surface area contributed by atoms with Crippen LogP contribution in [0.25, 0.3) is 0 Å². The van der Waals surface area contributed by atoms with E-state index in [1.165, 1.54) is 103 Å². The summed E-state index contributed by atoms with van der Waals surface area (Å²) in [6, 6.07) is 0. The molecule has 2 atom stereocenters. The molecule has 0 rings (SSSR count). The van der Waals surface area contributed by atoms with Gasteiger partial charge in [-0.3, -0.25) is 9.59 Å². The van der Waals surface area contributed by atoms with Crippen LogP contribution in [0.4, 0.5) is 0 Å². The van der Waals surface area contributed by atoms with Gasteiger partial charge in [0.05, 0.1) is 12.7 Å². The van der Waals surface area contributed by atoms with Crippen molar-refractivity contribution < 1.29 is 29.3 Å². The fourth-order valence-corrected chi connectivity index (χ4v) is 5.84. The van der Waals surface area contributed by atoms with E-state index in [1.807, 2.05) is 12.2 Å². The third-order valence-corrected chi connectivity index (χ3v) is 9.13. The summed E-state index contributed by atoms with van der Waals surface area (Å²) >= 11 is 0. The molecule has 0 fully saturated rings. The van der Waals surface area contributed by atoms with E-state index in [0.717, 1.165) is 51.4 Å². The molecule has 6 nitrogen and oxygen atoms in total. The maximum absolute atomic E-state index is 12.2. The molecule has 0 aromatic rings. The van der Waals surface area contributed by atoms with E-state index < -0.39 is 24.8 Å². The van der Waals surface area contributed by atoms with Gasteiger partial charge in [-0.2, -0.15) is 0 Å². The first-order valence-electron chi connectivity index (χ1n) is 21.6. The molecule has 0 saturated carbocycles. The molecule has 304 valence electrons. The van der Waals surface area contributed by atoms with Gasteiger partial charge in [-0.15, -0.1) is 0 Å². The topological polar surface area (TPSA) is 93.1 Å². The maximum Gasteiger partial charge on any atom is 0.306 e. The minimum atomic E-state index is -0.869. The highest BCUT2D eigenvalue weighted by Crippen LogP contribution is 2.15. The predicted molar refractivity (Wildman–Crippen MR) is 225 cm³/mol. The van der Waals surface area contributed by atoms with E-state index in [1.54, 1.807) is 12.2 Å². The Bertz CT molecular complexity index is 991. The third-order valence-electron chi connectivity index (χ3n) is 9.13. The van der Waals surface area contributed by atoms with Gasteiger partial charge in [-0.1, -0.05) is 202 Å². The average molecular weight is 741 g/mol. The zero-order chi connectivity index (χ0) is 38.7. The van der Waals surface area contributed by atoms with Crippen molar-refractivity contribution in [3.05, 3.63) is 72.9 Å². The van der Waals surface area contributed by atoms with Gasteiger partial charge in [-0.05, 0) is 44.9 Å². The number of aliphatic hydroxyl groups is 2. The summed E-state index contributed by atoms with van der Waals surface area (Å²) in [4.78, 5) is 24.3. The third kappa shape index (κ3) is 40.3. The van der Waals surface area contributed by atoms with Crippen LogP contribution in [-0.4, -0.2) is 47.6 Å². The zero-order valence-corrected chi connectivity index (χ0v) is 34.1. The van der Waals surface area contributed by atoms with Crippen molar-refractivity contribution in [1.29, 1.82) is 0 Å². The number of allylic oxidation sites excluding steroid dienone is 11. The fraction of sp³-hybridized carbons (Fsp3) is 0.702. The molecule has 2 N–H and O–H groups in total. The molecule has 0 heterocycles. The van der Waals surface area contributed by atoms with E-state index in [0.29, 0.717) is 6.42 Å². The van der Waals surface area contributed by atoms with Crippen molar-refractivity contribution >= 4 is 11.9 Å². The van der Waals surface area contributed by atoms with E-state index in [4.69, 9.17) is 9.47 Å². The molecular formula is C47H80O6. The molecule has 0 aliphatic heterocycles. The Labute approximate surface area is 326 Å². The van der Waals surface area contributed by atoms with Crippen molar-refractivity contribution in [2.24, 2.45) is 0 Å². The summed E-state index contributed by atoms with van der Waals surface area (Å²) in [5.41, 5.74) is 0. The van der Waals surface area contributed by atoms with Crippen LogP contribution in [0.1, 0.15) is 187 Å². The Kier molecular flexibility index (Phi) is 39.9. The first-order chi connectivity index (χ1) is 26.0. The van der Waals surface area contributed by atoms with Crippen LogP contribution >= 0.6 is 0 Å². The van der Waals surface area contributed by atoms with Crippen LogP contribution in [0.2, 0.25) is 0 Å². The van der Waals surface area contributed by atoms with Crippen molar-refractivity contribution in [2.75, 3.05) is 13.2 Å². The molecule has 0 bridgehead atoms. The zero-order valence-electron chi connectivity index (χ0n) is 34.1. The SMILES string of the molecule is CC/C=C\C/C=C\C/C=C\C/C=C\C/C=C\C=C/C(O)CCC(=O)OC[C@H](CO)OC(=O)CCCCCCCCCCCCCCCCCCCCC. The maximum atomic E-state index is 12.2. The number of esters is 2. The summed E-state index contributed by atoms with van der Waals surface area (Å²) in [6.45, 7) is 3.82. The van der Waals surface area contributed by atoms with Gasteiger partial charge < -0.3 is 19.7 Å². The van der Waals surface area contributed by atoms with Crippen molar-refractivity contribution in [1.82, 2.24) is 0 Å². The second-order valence-electron chi connectivity index (χ2n) is 14.2. The number of hydrogen-bond acceptors (Lipinski definition) is 6. The summed E-state index contributed by atoms with van der Waals surface area (Å²) in [5, 5.41) is 19.7. The van der Waals surface area contributed by atoms with Crippen molar-refractivity contribution in [3.63, 3.8) is 0 Å². The number of hydrogen-bond donors (Lipinski definition) is 2. The quantitative estimate of drug-likeness (QED) is 0.0283. The van der Waals surface area contributed by atoms with Crippen LogP contribution < -0.4 is 0 Å². The number of rotatable bonds is 38. The van der Waals surface area contributed by atoms with Crippen LogP contribution in [-0.2, 0) is 19.1 Å². The van der Waals surface area contributed by atoms with Gasteiger partial charge in [0, 0.05) is 12.8 Å². The summed E-state index contributed by atoms with van der Waals surface area (Å²) in [6.07, 6.45) is 53.0. The lowest BCUT2D eigenvalue weighted by atomic mass is 10.0. The largest absolute Gasteiger partial charge is 0.462 e. The van der Waals surface area contributed by atoms with Crippen LogP contribution in [0.3, 0.4) is 0 Å². The normalized spacial score (nSPS) is 13.5. The standard InChI is InChI=1S/C47H80O6/c1-3-5-7-9-11-13-15-17-19-21-22-23-25-27-29-31-33-35-37-39-47(51)53-45(42-48)43-52-46(50)41-40-44(49)38-36-34-32-30-28-26-24-20-18-16-14-12-10-8-6-4-2/h6,8,12,14,18,20,26,28,32,34,36,38,44-45,48-49H,3-5,7,9-11,13,15-17,19,21-25,27,29-31,33,35,37,39-43H2,1-2H3/b8-6-,14-12-,20-18-,28-26-,34-32-,38-36-/t44?,45-/m0/s1. The van der Waals surface area contributed by atoms with Crippen molar-refractivity contribution in [3.8, 4) is 0 Å². The average Bonchev–Trinajstić information content (AvgIpc) is 3.16. The molecule has 0 radical (unpaired) electrons. The lowest BCUT2D eigenvalue weighted by molar-refractivity contribution is -0.161. The Morgan fingerprint density at radius 2 is 0.962 bits per heavy atom. The number of aliphatic hydroxyl groups excluding tert-OH is 2. The van der Waals surface area contributed by atoms with Gasteiger partial charge in [0.15, 0.2) is 6.10 Å². The van der Waals surface area contributed by atoms with Gasteiger partial charge in [0.1, 0.15) is 6.61 Å². The molecule has 1 unspecified atom stereocenters. The smallest absolute Gasteiger partial charge is 0.306 e. The minimum absolute atomic E-state index is 0.0304. The van der Waals surface area contributed by atoms with Crippen LogP contribution in [0, 0.1) is 0 Å². The molecular weight excluding hydrogens is 661 g/mol. The summed E-state index contributed by atoms with van der Waals surface area (Å²) in [7, 11) is 0. The minimum Gasteiger partial charge on any atom is -0.462 e. The highest BCUT2D eigenvalue weighted by Gasteiger charge is 2.16. The van der Waals surface area contributed by atoms with E-state index in [2.05, 4.69) is 62.5 Å². The second-order valence-corrected chi connectivity index (χ2v) is 14.2. The first kappa shape index (κ1) is 50.3. The van der Waals surface area contributed by atoms with Gasteiger partial charge >= 0.3 is 11.9 Å². The molecule has 0 aliphatic rings. The van der Waals surface area contributed by atoms with Gasteiger partial charge in [0.25, 0.3) is 0 Å². The molecule has 6 heteroatoms. The first-order valence-corrected chi connectivity index (χ1v) is 21.6. The number of carbonyl (C=O) groups is 2. The van der Waals surface area contributed by atoms with Crippen molar-refractivity contribution in [2.45, 2.75) is 199 Å². The highest BCUT2D eigenvalue weighted by atomic mass is 16.6. The highest BCUT2D eigenvalue weighted by molar-refractivity contribution is 5.70. The fourth-order valence-electron chi connectivity index (χ4n) is 5.84. The number of carbonyl (C=O) groups excluding carboxylic acids is 2. The molecule has 0 spiro atoms. The molecule has 0 saturated heterocycles. The Hall–Kier alpha value is -2.70. The van der Waals surface area contributed by atoms with Crippen LogP contribution in [0.5, 0.6) is 0 Å². The molecule has 0 aromatic carbocycles. The Balaban J connectivity index is 3.75. The van der Waals surface area contributed by atoms with E-state index in [-0.39, 0.29) is 25.4 Å². The van der Waals surface area contributed by atoms with Gasteiger partial charge in [0.2, 0.25) is 0 Å². The van der Waals surface area contributed by atoms with E-state index in [9.17, 15) is 19.8 Å². The Morgan fingerprint density at radius 3 is 1.42 bits per heavy atom. The van der Waals surface area contributed by atoms with Crippen LogP contribution in [0.15, 0.2) is 72.9 Å². The second kappa shape index (κ2) is 42.0. The Morgan fingerprint density at radius 1 is 0.528 bits per heavy atom. The molecule has 53 heavy (non-hydrogen) atoms. The molecule has 0 aromatic heterocycles. The lowest BCUT2D eigenvalue weighted by Gasteiger charge is -2.16. The number of unbranched alkanes of at least 4 members (excludes halogenated alkanes) is 18. The predicted octanol–water partition coefficient (Wildman–Crippen LogP) is 12.7. The molecule has 0 aliphatic carbocycles. The lowest BCUT2D eigenvalue weighted by Crippen LogP contribution is -2.28. The summed E-state index contributed by atoms with van der Waals surface area (Å²) < 4.78 is 10.5. The van der Waals surface area contributed by atoms with E-state index >= 15 is 0 Å². The monoisotopic (exact) mass is 741 g/mol. The summed E-state index contributed by atoms with van der Waals surface area (Å²) in [5.74, 6) is -0.872. The molecule has 0 amide bonds. The number of ether oxygens (including phenoxy) is 2.